The Kier molecular flexibility index (Phi) is 5.28. The summed E-state index contributed by atoms with van der Waals surface area (Å²) in [5.74, 6) is 0.529. The summed E-state index contributed by atoms with van der Waals surface area (Å²) in [6, 6.07) is 48.8. The predicted octanol–water partition coefficient (Wildman–Crippen LogP) is 8.85. The van der Waals surface area contributed by atoms with Crippen LogP contribution in [-0.4, -0.2) is 19.1 Å². The van der Waals surface area contributed by atoms with E-state index in [4.69, 9.17) is 9.97 Å². The van der Waals surface area contributed by atoms with Crippen molar-refractivity contribution in [3.05, 3.63) is 156 Å². The summed E-state index contributed by atoms with van der Waals surface area (Å²) in [5, 5.41) is 5.61. The molecule has 9 aromatic rings. The van der Waals surface area contributed by atoms with Crippen LogP contribution < -0.4 is 5.56 Å². The minimum atomic E-state index is -0.0747. The molecule has 0 unspecified atom stereocenters. The lowest BCUT2D eigenvalue weighted by molar-refractivity contribution is 1.01. The zero-order valence-electron chi connectivity index (χ0n) is 23.6. The molecule has 6 aromatic carbocycles. The third-order valence-corrected chi connectivity index (χ3v) is 8.53. The first-order valence-corrected chi connectivity index (χ1v) is 14.7. The Balaban J connectivity index is 1.50. The number of hydrogen-bond donors (Lipinski definition) is 0. The highest BCUT2D eigenvalue weighted by atomic mass is 16.1. The third-order valence-electron chi connectivity index (χ3n) is 8.53. The maximum atomic E-state index is 14.6. The van der Waals surface area contributed by atoms with Crippen molar-refractivity contribution < 1.29 is 0 Å². The van der Waals surface area contributed by atoms with Gasteiger partial charge in [0.2, 0.25) is 5.95 Å². The number of aromatic nitrogens is 4. The summed E-state index contributed by atoms with van der Waals surface area (Å²) in [5.41, 5.74) is 6.00. The fraction of sp³-hybridized carbons (Fsp3) is 0. The molecule has 0 aliphatic rings. The van der Waals surface area contributed by atoms with Crippen LogP contribution in [0.5, 0.6) is 0 Å². The van der Waals surface area contributed by atoms with E-state index < -0.39 is 0 Å². The lowest BCUT2D eigenvalue weighted by atomic mass is 10.0. The highest BCUT2D eigenvalue weighted by molar-refractivity contribution is 6.18. The monoisotopic (exact) mass is 564 g/mol. The standard InChI is InChI=1S/C39H24N4O/c44-38-34-29-19-9-11-21-32(29)43(37(34)30-20-10-12-22-33(30)42(38)27-16-5-2-6-17-27)39-40-35(26-14-3-1-4-15-26)31-24-23-25-13-7-8-18-28(25)36(31)41-39/h1-24H. The van der Waals surface area contributed by atoms with Gasteiger partial charge < -0.3 is 0 Å². The minimum Gasteiger partial charge on any atom is -0.277 e. The predicted molar refractivity (Wildman–Crippen MR) is 180 cm³/mol. The van der Waals surface area contributed by atoms with Gasteiger partial charge in [-0.25, -0.2) is 9.97 Å². The van der Waals surface area contributed by atoms with Gasteiger partial charge in [-0.3, -0.25) is 13.9 Å². The van der Waals surface area contributed by atoms with Gasteiger partial charge in [0.25, 0.3) is 5.56 Å². The maximum Gasteiger partial charge on any atom is 0.265 e. The maximum absolute atomic E-state index is 14.6. The highest BCUT2D eigenvalue weighted by Gasteiger charge is 2.23. The molecule has 0 radical (unpaired) electrons. The van der Waals surface area contributed by atoms with Crippen LogP contribution in [0.3, 0.4) is 0 Å². The summed E-state index contributed by atoms with van der Waals surface area (Å²) in [6.45, 7) is 0. The van der Waals surface area contributed by atoms with E-state index in [2.05, 4.69) is 53.1 Å². The number of pyridine rings is 1. The second kappa shape index (κ2) is 9.48. The lowest BCUT2D eigenvalue weighted by Gasteiger charge is -2.15. The van der Waals surface area contributed by atoms with Crippen molar-refractivity contribution in [2.24, 2.45) is 0 Å². The molecule has 0 atom stereocenters. The van der Waals surface area contributed by atoms with E-state index in [1.54, 1.807) is 0 Å². The molecular formula is C39H24N4O. The van der Waals surface area contributed by atoms with Crippen molar-refractivity contribution in [3.8, 4) is 22.9 Å². The van der Waals surface area contributed by atoms with Crippen LogP contribution in [0.15, 0.2) is 150 Å². The van der Waals surface area contributed by atoms with Crippen LogP contribution in [0, 0.1) is 0 Å². The van der Waals surface area contributed by atoms with Crippen LogP contribution in [-0.2, 0) is 0 Å². The van der Waals surface area contributed by atoms with Gasteiger partial charge in [-0.15, -0.1) is 0 Å². The number of nitrogens with zero attached hydrogens (tertiary/aromatic N) is 4. The largest absolute Gasteiger partial charge is 0.277 e. The molecule has 3 heterocycles. The van der Waals surface area contributed by atoms with Gasteiger partial charge in [-0.1, -0.05) is 115 Å². The summed E-state index contributed by atoms with van der Waals surface area (Å²) in [6.07, 6.45) is 0. The van der Waals surface area contributed by atoms with Gasteiger partial charge in [-0.2, -0.15) is 0 Å². The average molecular weight is 565 g/mol. The molecule has 0 aliphatic carbocycles. The lowest BCUT2D eigenvalue weighted by Crippen LogP contribution is -2.19. The summed E-state index contributed by atoms with van der Waals surface area (Å²) in [7, 11) is 0. The van der Waals surface area contributed by atoms with Gasteiger partial charge >= 0.3 is 0 Å². The molecule has 0 spiro atoms. The molecule has 3 aromatic heterocycles. The zero-order chi connectivity index (χ0) is 29.2. The summed E-state index contributed by atoms with van der Waals surface area (Å²) < 4.78 is 3.90. The topological polar surface area (TPSA) is 52.7 Å². The van der Waals surface area contributed by atoms with Gasteiger partial charge in [0.15, 0.2) is 0 Å². The van der Waals surface area contributed by atoms with Crippen LogP contribution in [0.25, 0.3) is 77.3 Å². The van der Waals surface area contributed by atoms with Crippen LogP contribution in [0.2, 0.25) is 0 Å². The fourth-order valence-electron chi connectivity index (χ4n) is 6.61. The molecule has 0 aliphatic heterocycles. The molecule has 0 fully saturated rings. The molecule has 5 heteroatoms. The van der Waals surface area contributed by atoms with Crippen molar-refractivity contribution in [2.45, 2.75) is 0 Å². The first kappa shape index (κ1) is 24.5. The van der Waals surface area contributed by atoms with E-state index >= 15 is 0 Å². The molecule has 0 saturated carbocycles. The second-order valence-corrected chi connectivity index (χ2v) is 11.0. The highest BCUT2D eigenvalue weighted by Crippen LogP contribution is 2.37. The molecule has 0 bridgehead atoms. The van der Waals surface area contributed by atoms with Gasteiger partial charge in [0.1, 0.15) is 0 Å². The normalized spacial score (nSPS) is 11.7. The number of benzene rings is 6. The quantitative estimate of drug-likeness (QED) is 0.201. The second-order valence-electron chi connectivity index (χ2n) is 11.0. The molecular weight excluding hydrogens is 540 g/mol. The first-order valence-electron chi connectivity index (χ1n) is 14.7. The van der Waals surface area contributed by atoms with Crippen molar-refractivity contribution in [3.63, 3.8) is 0 Å². The van der Waals surface area contributed by atoms with E-state index in [9.17, 15) is 4.79 Å². The molecule has 0 N–H and O–H groups in total. The molecule has 0 saturated heterocycles. The Hall–Kier alpha value is -6.07. The van der Waals surface area contributed by atoms with Crippen LogP contribution in [0.4, 0.5) is 0 Å². The number of hydrogen-bond acceptors (Lipinski definition) is 3. The van der Waals surface area contributed by atoms with Gasteiger partial charge in [-0.05, 0) is 35.7 Å². The number of rotatable bonds is 3. The Morgan fingerprint density at radius 3 is 1.86 bits per heavy atom. The minimum absolute atomic E-state index is 0.0747. The summed E-state index contributed by atoms with van der Waals surface area (Å²) >= 11 is 0. The first-order chi connectivity index (χ1) is 21.8. The van der Waals surface area contributed by atoms with E-state index in [1.807, 2.05) is 102 Å². The SMILES string of the molecule is O=c1c2c3ccccc3n(-c3nc(-c4ccccc4)c4ccc5ccccc5c4n3)c2c2ccccc2n1-c1ccccc1. The van der Waals surface area contributed by atoms with Crippen molar-refractivity contribution >= 4 is 54.4 Å². The van der Waals surface area contributed by atoms with Crippen molar-refractivity contribution in [1.82, 2.24) is 19.1 Å². The van der Waals surface area contributed by atoms with E-state index in [1.165, 1.54) is 0 Å². The molecule has 5 nitrogen and oxygen atoms in total. The van der Waals surface area contributed by atoms with Gasteiger partial charge in [0.05, 0.1) is 33.1 Å². The smallest absolute Gasteiger partial charge is 0.265 e. The van der Waals surface area contributed by atoms with Crippen molar-refractivity contribution in [1.29, 1.82) is 0 Å². The van der Waals surface area contributed by atoms with E-state index in [0.717, 1.165) is 65.9 Å². The fourth-order valence-corrected chi connectivity index (χ4v) is 6.61. The summed E-state index contributed by atoms with van der Waals surface area (Å²) in [4.78, 5) is 25.2. The Bertz CT molecular complexity index is 2620. The number of para-hydroxylation sites is 3. The van der Waals surface area contributed by atoms with Crippen LogP contribution in [0.1, 0.15) is 0 Å². The molecule has 44 heavy (non-hydrogen) atoms. The van der Waals surface area contributed by atoms with Gasteiger partial charge in [0, 0.05) is 32.8 Å². The Labute approximate surface area is 251 Å². The van der Waals surface area contributed by atoms with Crippen molar-refractivity contribution in [2.75, 3.05) is 0 Å². The average Bonchev–Trinajstić information content (AvgIpc) is 3.45. The van der Waals surface area contributed by atoms with Crippen LogP contribution >= 0.6 is 0 Å². The molecule has 206 valence electrons. The Morgan fingerprint density at radius 1 is 0.477 bits per heavy atom. The van der Waals surface area contributed by atoms with E-state index in [-0.39, 0.29) is 5.56 Å². The zero-order valence-corrected chi connectivity index (χ0v) is 23.6. The van der Waals surface area contributed by atoms with E-state index in [0.29, 0.717) is 11.3 Å². The Morgan fingerprint density at radius 2 is 1.09 bits per heavy atom. The molecule has 0 amide bonds. The molecule has 9 rings (SSSR count). The third kappa shape index (κ3) is 3.50. The number of fused-ring (bicyclic) bond motifs is 8.